The fourth-order valence-electron chi connectivity index (χ4n) is 2.52. The van der Waals surface area contributed by atoms with Gasteiger partial charge in [-0.3, -0.25) is 9.48 Å². The van der Waals surface area contributed by atoms with Crippen molar-refractivity contribution in [3.8, 4) is 0 Å². The monoisotopic (exact) mass is 344 g/mol. The van der Waals surface area contributed by atoms with Crippen molar-refractivity contribution in [2.45, 2.75) is 47.1 Å². The Morgan fingerprint density at radius 1 is 1.50 bits per heavy atom. The number of halogens is 1. The highest BCUT2D eigenvalue weighted by atomic mass is 79.9. The molecular weight excluding hydrogens is 320 g/mol. The van der Waals surface area contributed by atoms with Gasteiger partial charge in [-0.1, -0.05) is 27.7 Å². The van der Waals surface area contributed by atoms with Gasteiger partial charge < -0.3 is 4.74 Å². The molecule has 4 nitrogen and oxygen atoms in total. The zero-order chi connectivity index (χ0) is 15.3. The van der Waals surface area contributed by atoms with Crippen LogP contribution in [0.4, 0.5) is 0 Å². The van der Waals surface area contributed by atoms with Crippen LogP contribution in [0.15, 0.2) is 10.7 Å². The molecule has 0 radical (unpaired) electrons. The average molecular weight is 345 g/mol. The summed E-state index contributed by atoms with van der Waals surface area (Å²) in [5.41, 5.74) is 0.899. The van der Waals surface area contributed by atoms with Gasteiger partial charge in [0.05, 0.1) is 23.8 Å². The van der Waals surface area contributed by atoms with E-state index in [0.717, 1.165) is 10.9 Å². The first-order valence-corrected chi connectivity index (χ1v) is 7.77. The van der Waals surface area contributed by atoms with Gasteiger partial charge in [-0.05, 0) is 33.7 Å². The number of methoxy groups -OCH3 is 1. The molecule has 5 heteroatoms. The van der Waals surface area contributed by atoms with E-state index in [1.807, 2.05) is 0 Å². The summed E-state index contributed by atoms with van der Waals surface area (Å²) in [4.78, 5) is 12.5. The fraction of sp³-hybridized carbons (Fsp3) is 0.733. The van der Waals surface area contributed by atoms with E-state index in [1.54, 1.807) is 18.0 Å². The normalized spacial score (nSPS) is 13.5. The summed E-state index contributed by atoms with van der Waals surface area (Å²) < 4.78 is 7.54. The molecule has 0 fully saturated rings. The number of carbonyl (C=O) groups is 1. The van der Waals surface area contributed by atoms with Crippen molar-refractivity contribution in [1.82, 2.24) is 9.78 Å². The molecule has 0 N–H and O–H groups in total. The first-order valence-electron chi connectivity index (χ1n) is 6.98. The number of ether oxygens (including phenoxy) is 1. The van der Waals surface area contributed by atoms with Crippen molar-refractivity contribution in [2.75, 3.05) is 13.7 Å². The predicted molar refractivity (Wildman–Crippen MR) is 84.0 cm³/mol. The number of Topliss-reactive ketones (excluding diaryl/α,β-unsaturated/α-hetero) is 1. The Hall–Kier alpha value is -0.680. The van der Waals surface area contributed by atoms with Crippen LogP contribution < -0.4 is 0 Å². The molecule has 1 rings (SSSR count). The molecule has 0 aliphatic rings. The smallest absolute Gasteiger partial charge is 0.182 e. The molecule has 0 saturated carbocycles. The van der Waals surface area contributed by atoms with E-state index in [9.17, 15) is 4.79 Å². The maximum atomic E-state index is 12.5. The van der Waals surface area contributed by atoms with Gasteiger partial charge in [0.25, 0.3) is 0 Å². The molecule has 0 aliphatic heterocycles. The standard InChI is InChI=1S/C15H25BrN2O2/c1-11(9-15(2,3)4)8-13(19)14-12(16)10-17-18(14)6-7-20-5/h10-11H,6-9H2,1-5H3. The second-order valence-corrected chi connectivity index (χ2v) is 7.41. The van der Waals surface area contributed by atoms with Crippen LogP contribution in [0.2, 0.25) is 0 Å². The number of hydrogen-bond donors (Lipinski definition) is 0. The molecular formula is C15H25BrN2O2. The van der Waals surface area contributed by atoms with Gasteiger partial charge in [0.15, 0.2) is 5.78 Å². The van der Waals surface area contributed by atoms with E-state index in [0.29, 0.717) is 31.2 Å². The van der Waals surface area contributed by atoms with Crippen LogP contribution in [0, 0.1) is 11.3 Å². The second-order valence-electron chi connectivity index (χ2n) is 6.55. The van der Waals surface area contributed by atoms with Crippen molar-refractivity contribution in [1.29, 1.82) is 0 Å². The zero-order valence-electron chi connectivity index (χ0n) is 13.1. The predicted octanol–water partition coefficient (Wildman–Crippen LogP) is 3.94. The van der Waals surface area contributed by atoms with Gasteiger partial charge in [0.2, 0.25) is 0 Å². The van der Waals surface area contributed by atoms with Crippen molar-refractivity contribution in [2.24, 2.45) is 11.3 Å². The highest BCUT2D eigenvalue weighted by molar-refractivity contribution is 9.10. The Balaban J connectivity index is 2.74. The third-order valence-electron chi connectivity index (χ3n) is 3.06. The number of carbonyl (C=O) groups excluding carboxylic acids is 1. The molecule has 0 saturated heterocycles. The number of nitrogens with zero attached hydrogens (tertiary/aromatic N) is 2. The molecule has 1 aromatic rings. The van der Waals surface area contributed by atoms with Crippen molar-refractivity contribution in [3.63, 3.8) is 0 Å². The van der Waals surface area contributed by atoms with Crippen molar-refractivity contribution >= 4 is 21.7 Å². The molecule has 0 spiro atoms. The summed E-state index contributed by atoms with van der Waals surface area (Å²) in [6, 6.07) is 0. The minimum atomic E-state index is 0.141. The third kappa shape index (κ3) is 5.37. The lowest BCUT2D eigenvalue weighted by atomic mass is 9.83. The molecule has 1 atom stereocenters. The zero-order valence-corrected chi connectivity index (χ0v) is 14.7. The van der Waals surface area contributed by atoms with Gasteiger partial charge in [-0.25, -0.2) is 0 Å². The highest BCUT2D eigenvalue weighted by Crippen LogP contribution is 2.28. The van der Waals surface area contributed by atoms with E-state index in [-0.39, 0.29) is 11.2 Å². The largest absolute Gasteiger partial charge is 0.383 e. The number of rotatable bonds is 7. The fourth-order valence-corrected chi connectivity index (χ4v) is 3.04. The van der Waals surface area contributed by atoms with Crippen LogP contribution in [0.5, 0.6) is 0 Å². The van der Waals surface area contributed by atoms with Crippen LogP contribution in [0.1, 0.15) is 51.0 Å². The van der Waals surface area contributed by atoms with E-state index in [2.05, 4.69) is 48.7 Å². The number of ketones is 1. The van der Waals surface area contributed by atoms with Crippen LogP contribution in [-0.2, 0) is 11.3 Å². The number of hydrogen-bond acceptors (Lipinski definition) is 3. The third-order valence-corrected chi connectivity index (χ3v) is 3.64. The first kappa shape index (κ1) is 17.4. The van der Waals surface area contributed by atoms with E-state index < -0.39 is 0 Å². The van der Waals surface area contributed by atoms with E-state index in [4.69, 9.17) is 4.74 Å². The first-order chi connectivity index (χ1) is 9.24. The summed E-state index contributed by atoms with van der Waals surface area (Å²) in [6.07, 6.45) is 3.26. The van der Waals surface area contributed by atoms with Crippen molar-refractivity contribution in [3.05, 3.63) is 16.4 Å². The molecule has 0 aromatic carbocycles. The molecule has 1 aromatic heterocycles. The van der Waals surface area contributed by atoms with Crippen LogP contribution in [-0.4, -0.2) is 29.3 Å². The Labute approximate surface area is 130 Å². The van der Waals surface area contributed by atoms with E-state index in [1.165, 1.54) is 0 Å². The number of aromatic nitrogens is 2. The lowest BCUT2D eigenvalue weighted by Crippen LogP contribution is -2.18. The summed E-state index contributed by atoms with van der Waals surface area (Å²) in [7, 11) is 1.64. The Bertz CT molecular complexity index is 449. The van der Waals surface area contributed by atoms with Gasteiger partial charge in [0, 0.05) is 13.5 Å². The Kier molecular flexibility index (Phi) is 6.40. The maximum Gasteiger partial charge on any atom is 0.182 e. The Morgan fingerprint density at radius 2 is 2.15 bits per heavy atom. The maximum absolute atomic E-state index is 12.5. The second kappa shape index (κ2) is 7.36. The molecule has 0 aliphatic carbocycles. The van der Waals surface area contributed by atoms with Crippen LogP contribution >= 0.6 is 15.9 Å². The summed E-state index contributed by atoms with van der Waals surface area (Å²) >= 11 is 3.42. The average Bonchev–Trinajstić information content (AvgIpc) is 2.65. The van der Waals surface area contributed by atoms with Crippen LogP contribution in [0.25, 0.3) is 0 Å². The van der Waals surface area contributed by atoms with E-state index >= 15 is 0 Å². The lowest BCUT2D eigenvalue weighted by molar-refractivity contribution is 0.0939. The molecule has 1 heterocycles. The molecule has 0 bridgehead atoms. The van der Waals surface area contributed by atoms with Crippen LogP contribution in [0.3, 0.4) is 0 Å². The van der Waals surface area contributed by atoms with Gasteiger partial charge in [0.1, 0.15) is 5.69 Å². The molecule has 114 valence electrons. The molecule has 0 amide bonds. The highest BCUT2D eigenvalue weighted by Gasteiger charge is 2.22. The molecule has 1 unspecified atom stereocenters. The Morgan fingerprint density at radius 3 is 2.70 bits per heavy atom. The summed E-state index contributed by atoms with van der Waals surface area (Å²) in [5.74, 6) is 0.502. The summed E-state index contributed by atoms with van der Waals surface area (Å²) in [6.45, 7) is 9.88. The van der Waals surface area contributed by atoms with Gasteiger partial charge in [-0.2, -0.15) is 5.10 Å². The van der Waals surface area contributed by atoms with Gasteiger partial charge in [-0.15, -0.1) is 0 Å². The quantitative estimate of drug-likeness (QED) is 0.703. The minimum Gasteiger partial charge on any atom is -0.383 e. The topological polar surface area (TPSA) is 44.1 Å². The molecule has 20 heavy (non-hydrogen) atoms. The van der Waals surface area contributed by atoms with Gasteiger partial charge >= 0.3 is 0 Å². The lowest BCUT2D eigenvalue weighted by Gasteiger charge is -2.22. The SMILES string of the molecule is COCCn1ncc(Br)c1C(=O)CC(C)CC(C)(C)C. The van der Waals surface area contributed by atoms with Crippen molar-refractivity contribution < 1.29 is 9.53 Å². The summed E-state index contributed by atoms with van der Waals surface area (Å²) in [5, 5.41) is 4.23. The minimum absolute atomic E-state index is 0.141.